The molecule has 0 aliphatic carbocycles. The fourth-order valence-electron chi connectivity index (χ4n) is 2.97. The van der Waals surface area contributed by atoms with Crippen LogP contribution >= 0.6 is 35.0 Å². The third-order valence-electron chi connectivity index (χ3n) is 4.67. The lowest BCUT2D eigenvalue weighted by Crippen LogP contribution is -2.08. The van der Waals surface area contributed by atoms with Crippen molar-refractivity contribution in [2.45, 2.75) is 18.7 Å². The predicted molar refractivity (Wildman–Crippen MR) is 128 cm³/mol. The monoisotopic (exact) mass is 483 g/mol. The van der Waals surface area contributed by atoms with E-state index in [0.717, 1.165) is 17.0 Å². The molecule has 0 fully saturated rings. The number of ketones is 1. The van der Waals surface area contributed by atoms with Gasteiger partial charge >= 0.3 is 0 Å². The highest BCUT2D eigenvalue weighted by atomic mass is 35.5. The Morgan fingerprint density at radius 1 is 0.906 bits per heavy atom. The van der Waals surface area contributed by atoms with Crippen LogP contribution in [0.2, 0.25) is 10.0 Å². The van der Waals surface area contributed by atoms with Crippen LogP contribution in [-0.2, 0) is 6.61 Å². The zero-order valence-corrected chi connectivity index (χ0v) is 19.5. The average molecular weight is 484 g/mol. The van der Waals surface area contributed by atoms with Crippen LogP contribution in [0.3, 0.4) is 0 Å². The Kier molecular flexibility index (Phi) is 7.15. The molecule has 0 aliphatic heterocycles. The minimum atomic E-state index is -0.0187. The van der Waals surface area contributed by atoms with Gasteiger partial charge in [-0.05, 0) is 67.6 Å². The van der Waals surface area contributed by atoms with Crippen molar-refractivity contribution in [3.05, 3.63) is 99.8 Å². The normalized spacial score (nSPS) is 10.8. The summed E-state index contributed by atoms with van der Waals surface area (Å²) in [4.78, 5) is 12.6. The molecular weight excluding hydrogens is 465 g/mol. The number of rotatable bonds is 8. The van der Waals surface area contributed by atoms with Gasteiger partial charge in [0.05, 0.1) is 5.75 Å². The number of carbonyl (C=O) groups is 1. The Hall–Kier alpha value is -2.80. The summed E-state index contributed by atoms with van der Waals surface area (Å²) >= 11 is 13.3. The molecule has 4 aromatic rings. The summed E-state index contributed by atoms with van der Waals surface area (Å²) in [6.07, 6.45) is 0. The highest BCUT2D eigenvalue weighted by Crippen LogP contribution is 2.25. The van der Waals surface area contributed by atoms with Crippen molar-refractivity contribution in [1.82, 2.24) is 14.8 Å². The third kappa shape index (κ3) is 5.51. The molecule has 0 amide bonds. The van der Waals surface area contributed by atoms with Crippen LogP contribution in [0, 0.1) is 6.92 Å². The second kappa shape index (κ2) is 10.2. The van der Waals surface area contributed by atoms with E-state index in [1.54, 1.807) is 36.4 Å². The Morgan fingerprint density at radius 3 is 2.19 bits per heavy atom. The molecule has 0 atom stereocenters. The zero-order chi connectivity index (χ0) is 22.5. The number of aryl methyl sites for hydroxylation is 1. The summed E-state index contributed by atoms with van der Waals surface area (Å²) in [5, 5.41) is 10.4. The van der Waals surface area contributed by atoms with Crippen molar-refractivity contribution in [2.24, 2.45) is 0 Å². The molecule has 0 bridgehead atoms. The smallest absolute Gasteiger partial charge is 0.196 e. The van der Waals surface area contributed by atoms with Crippen molar-refractivity contribution in [3.8, 4) is 11.4 Å². The highest BCUT2D eigenvalue weighted by Gasteiger charge is 2.17. The average Bonchev–Trinajstić information content (AvgIpc) is 3.21. The number of hydrogen-bond acceptors (Lipinski definition) is 5. The Morgan fingerprint density at radius 2 is 1.53 bits per heavy atom. The molecule has 0 unspecified atom stereocenters. The van der Waals surface area contributed by atoms with E-state index in [-0.39, 0.29) is 18.1 Å². The van der Waals surface area contributed by atoms with Gasteiger partial charge < -0.3 is 4.74 Å². The van der Waals surface area contributed by atoms with Gasteiger partial charge in [-0.2, -0.15) is 0 Å². The fourth-order valence-corrected chi connectivity index (χ4v) is 4.09. The van der Waals surface area contributed by atoms with Gasteiger partial charge in [-0.3, -0.25) is 9.36 Å². The van der Waals surface area contributed by atoms with Crippen LogP contribution in [-0.4, -0.2) is 26.3 Å². The van der Waals surface area contributed by atoms with E-state index in [1.165, 1.54) is 11.8 Å². The second-order valence-corrected chi connectivity index (χ2v) is 8.85. The number of aromatic nitrogens is 3. The number of nitrogens with zero attached hydrogens (tertiary/aromatic N) is 3. The molecule has 8 heteroatoms. The van der Waals surface area contributed by atoms with E-state index in [1.807, 2.05) is 47.9 Å². The molecule has 4 rings (SSSR count). The first kappa shape index (κ1) is 22.4. The molecule has 0 saturated carbocycles. The topological polar surface area (TPSA) is 57.0 Å². The Balaban J connectivity index is 1.55. The van der Waals surface area contributed by atoms with Crippen LogP contribution in [0.25, 0.3) is 5.69 Å². The van der Waals surface area contributed by atoms with Gasteiger partial charge in [0.1, 0.15) is 12.4 Å². The van der Waals surface area contributed by atoms with E-state index in [0.29, 0.717) is 26.6 Å². The second-order valence-electron chi connectivity index (χ2n) is 7.03. The van der Waals surface area contributed by atoms with Crippen molar-refractivity contribution in [3.63, 3.8) is 0 Å². The van der Waals surface area contributed by atoms with Crippen LogP contribution in [0.5, 0.6) is 5.75 Å². The first-order valence-electron chi connectivity index (χ1n) is 9.81. The van der Waals surface area contributed by atoms with Gasteiger partial charge in [-0.15, -0.1) is 10.2 Å². The number of halogens is 2. The van der Waals surface area contributed by atoms with E-state index < -0.39 is 0 Å². The summed E-state index contributed by atoms with van der Waals surface area (Å²) in [5.41, 5.74) is 2.59. The standard InChI is InChI=1S/C24H19Cl2N3O2S/c1-16-2-12-21(13-3-16)31-14-23-27-28-24(29(23)20-10-8-19(26)9-11-20)32-15-22(30)17-4-6-18(25)7-5-17/h2-13H,14-15H2,1H3. The quantitative estimate of drug-likeness (QED) is 0.213. The molecule has 0 radical (unpaired) electrons. The van der Waals surface area contributed by atoms with Gasteiger partial charge in [0.25, 0.3) is 0 Å². The van der Waals surface area contributed by atoms with Gasteiger partial charge in [0, 0.05) is 21.3 Å². The van der Waals surface area contributed by atoms with E-state index in [9.17, 15) is 4.79 Å². The summed E-state index contributed by atoms with van der Waals surface area (Å²) in [6.45, 7) is 2.25. The first-order chi connectivity index (χ1) is 15.5. The van der Waals surface area contributed by atoms with Gasteiger partial charge in [0.15, 0.2) is 16.8 Å². The van der Waals surface area contributed by atoms with Crippen molar-refractivity contribution in [2.75, 3.05) is 5.75 Å². The Labute approximate surface area is 200 Å². The molecule has 0 saturated heterocycles. The molecule has 1 heterocycles. The van der Waals surface area contributed by atoms with Crippen LogP contribution in [0.1, 0.15) is 21.7 Å². The number of benzene rings is 3. The molecule has 0 aliphatic rings. The summed E-state index contributed by atoms with van der Waals surface area (Å²) in [5.74, 6) is 1.56. The minimum absolute atomic E-state index is 0.0187. The number of ether oxygens (including phenoxy) is 1. The van der Waals surface area contributed by atoms with Crippen LogP contribution < -0.4 is 4.74 Å². The molecule has 1 aromatic heterocycles. The summed E-state index contributed by atoms with van der Waals surface area (Å²) < 4.78 is 7.79. The zero-order valence-electron chi connectivity index (χ0n) is 17.2. The van der Waals surface area contributed by atoms with Crippen molar-refractivity contribution < 1.29 is 9.53 Å². The van der Waals surface area contributed by atoms with E-state index >= 15 is 0 Å². The predicted octanol–water partition coefficient (Wildman–Crippen LogP) is 6.44. The van der Waals surface area contributed by atoms with E-state index in [2.05, 4.69) is 10.2 Å². The van der Waals surface area contributed by atoms with Crippen LogP contribution in [0.15, 0.2) is 78.0 Å². The fraction of sp³-hybridized carbons (Fsp3) is 0.125. The van der Waals surface area contributed by atoms with Crippen molar-refractivity contribution in [1.29, 1.82) is 0 Å². The Bertz CT molecular complexity index is 1210. The number of thioether (sulfide) groups is 1. The first-order valence-corrected chi connectivity index (χ1v) is 11.5. The highest BCUT2D eigenvalue weighted by molar-refractivity contribution is 7.99. The lowest BCUT2D eigenvalue weighted by molar-refractivity contribution is 0.102. The maximum Gasteiger partial charge on any atom is 0.196 e. The lowest BCUT2D eigenvalue weighted by atomic mass is 10.1. The largest absolute Gasteiger partial charge is 0.486 e. The summed E-state index contributed by atoms with van der Waals surface area (Å²) in [6, 6.07) is 22.0. The molecule has 32 heavy (non-hydrogen) atoms. The SMILES string of the molecule is Cc1ccc(OCc2nnc(SCC(=O)c3ccc(Cl)cc3)n2-c2ccc(Cl)cc2)cc1. The molecular formula is C24H19Cl2N3O2S. The molecule has 0 N–H and O–H groups in total. The third-order valence-corrected chi connectivity index (χ3v) is 6.11. The molecule has 3 aromatic carbocycles. The minimum Gasteiger partial charge on any atom is -0.486 e. The molecule has 0 spiro atoms. The molecule has 5 nitrogen and oxygen atoms in total. The number of Topliss-reactive ketones (excluding diaryl/α,β-unsaturated/α-hetero) is 1. The molecule has 162 valence electrons. The maximum atomic E-state index is 12.6. The maximum absolute atomic E-state index is 12.6. The van der Waals surface area contributed by atoms with E-state index in [4.69, 9.17) is 27.9 Å². The lowest BCUT2D eigenvalue weighted by Gasteiger charge is -2.11. The van der Waals surface area contributed by atoms with Crippen LogP contribution in [0.4, 0.5) is 0 Å². The number of hydrogen-bond donors (Lipinski definition) is 0. The number of carbonyl (C=O) groups excluding carboxylic acids is 1. The van der Waals surface area contributed by atoms with Gasteiger partial charge in [0.2, 0.25) is 0 Å². The van der Waals surface area contributed by atoms with Crippen molar-refractivity contribution >= 4 is 40.7 Å². The summed E-state index contributed by atoms with van der Waals surface area (Å²) in [7, 11) is 0. The van der Waals surface area contributed by atoms with Gasteiger partial charge in [-0.25, -0.2) is 0 Å². The van der Waals surface area contributed by atoms with Gasteiger partial charge in [-0.1, -0.05) is 52.7 Å².